The number of hydrogen-bond acceptors (Lipinski definition) is 6. The number of rotatable bonds is 6. The Morgan fingerprint density at radius 2 is 1.61 bits per heavy atom. The molecule has 3 rings (SSSR count). The summed E-state index contributed by atoms with van der Waals surface area (Å²) < 4.78 is 4.77. The van der Waals surface area contributed by atoms with E-state index < -0.39 is 5.97 Å². The summed E-state index contributed by atoms with van der Waals surface area (Å²) >= 11 is 0. The van der Waals surface area contributed by atoms with Crippen molar-refractivity contribution in [2.45, 2.75) is 13.3 Å². The summed E-state index contributed by atoms with van der Waals surface area (Å²) in [6.07, 6.45) is 3.68. The quantitative estimate of drug-likeness (QED) is 0.635. The Hall–Kier alpha value is -3.74. The van der Waals surface area contributed by atoms with Crippen LogP contribution in [0.2, 0.25) is 0 Å². The number of methoxy groups -OCH3 is 1. The molecule has 28 heavy (non-hydrogen) atoms. The number of aryl methyl sites for hydroxylation is 1. The van der Waals surface area contributed by atoms with Crippen molar-refractivity contribution in [1.82, 2.24) is 9.97 Å². The van der Waals surface area contributed by atoms with Crippen LogP contribution in [0.5, 0.6) is 0 Å². The Balaban J connectivity index is 1.74. The molecular weight excluding hydrogens is 356 g/mol. The predicted octanol–water partition coefficient (Wildman–Crippen LogP) is 3.82. The average molecular weight is 376 g/mol. The van der Waals surface area contributed by atoms with Crippen molar-refractivity contribution in [3.63, 3.8) is 0 Å². The molecule has 0 bridgehead atoms. The van der Waals surface area contributed by atoms with Crippen LogP contribution in [0.25, 0.3) is 0 Å². The first kappa shape index (κ1) is 19.0. The number of hydrogen-bond donors (Lipinski definition) is 2. The number of carbonyl (C=O) groups excluding carboxylic acids is 2. The van der Waals surface area contributed by atoms with E-state index in [1.807, 2.05) is 31.2 Å². The number of amides is 1. The Morgan fingerprint density at radius 3 is 2.29 bits per heavy atom. The van der Waals surface area contributed by atoms with E-state index in [0.29, 0.717) is 16.8 Å². The second-order valence-electron chi connectivity index (χ2n) is 5.92. The van der Waals surface area contributed by atoms with E-state index >= 15 is 0 Å². The van der Waals surface area contributed by atoms with Gasteiger partial charge in [-0.15, -0.1) is 0 Å². The predicted molar refractivity (Wildman–Crippen MR) is 107 cm³/mol. The fraction of sp³-hybridized carbons (Fsp3) is 0.143. The maximum atomic E-state index is 12.5. The van der Waals surface area contributed by atoms with Crippen LogP contribution in [-0.4, -0.2) is 29.0 Å². The lowest BCUT2D eigenvalue weighted by Gasteiger charge is -2.11. The van der Waals surface area contributed by atoms with Gasteiger partial charge in [-0.05, 0) is 30.2 Å². The van der Waals surface area contributed by atoms with Gasteiger partial charge in [-0.3, -0.25) is 4.79 Å². The van der Waals surface area contributed by atoms with Gasteiger partial charge >= 0.3 is 5.97 Å². The largest absolute Gasteiger partial charge is 0.465 e. The van der Waals surface area contributed by atoms with Crippen LogP contribution in [0.3, 0.4) is 0 Å². The third kappa shape index (κ3) is 4.32. The van der Waals surface area contributed by atoms with Gasteiger partial charge in [0.05, 0.1) is 23.9 Å². The van der Waals surface area contributed by atoms with Crippen molar-refractivity contribution < 1.29 is 14.3 Å². The third-order valence-corrected chi connectivity index (χ3v) is 4.14. The second kappa shape index (κ2) is 8.77. The smallest absolute Gasteiger partial charge is 0.339 e. The Kier molecular flexibility index (Phi) is 5.96. The SMILES string of the molecule is CCc1ccccc1NC(=O)c1cnc(Nc2ccccc2C(=O)OC)nc1. The molecule has 0 fully saturated rings. The molecule has 0 saturated carbocycles. The molecule has 7 nitrogen and oxygen atoms in total. The maximum absolute atomic E-state index is 12.5. The fourth-order valence-corrected chi connectivity index (χ4v) is 2.66. The summed E-state index contributed by atoms with van der Waals surface area (Å²) in [5.41, 5.74) is 3.03. The molecule has 0 radical (unpaired) electrons. The number of nitrogens with zero attached hydrogens (tertiary/aromatic N) is 2. The standard InChI is InChI=1S/C21H20N4O3/c1-3-14-8-4-6-10-17(14)24-19(26)15-12-22-21(23-13-15)25-18-11-7-5-9-16(18)20(27)28-2/h4-13H,3H2,1-2H3,(H,24,26)(H,22,23,25). The van der Waals surface area contributed by atoms with E-state index in [4.69, 9.17) is 4.74 Å². The highest BCUT2D eigenvalue weighted by atomic mass is 16.5. The van der Waals surface area contributed by atoms with Crippen molar-refractivity contribution in [2.75, 3.05) is 17.7 Å². The van der Waals surface area contributed by atoms with Crippen molar-refractivity contribution in [3.8, 4) is 0 Å². The first-order valence-electron chi connectivity index (χ1n) is 8.78. The Bertz CT molecular complexity index is 987. The fourth-order valence-electron chi connectivity index (χ4n) is 2.66. The molecule has 0 atom stereocenters. The summed E-state index contributed by atoms with van der Waals surface area (Å²) in [6, 6.07) is 14.5. The molecule has 142 valence electrons. The number of benzene rings is 2. The van der Waals surface area contributed by atoms with Crippen molar-refractivity contribution in [3.05, 3.63) is 77.6 Å². The normalized spacial score (nSPS) is 10.2. The van der Waals surface area contributed by atoms with Gasteiger partial charge in [0.15, 0.2) is 0 Å². The van der Waals surface area contributed by atoms with Crippen LogP contribution in [-0.2, 0) is 11.2 Å². The lowest BCUT2D eigenvalue weighted by atomic mass is 10.1. The second-order valence-corrected chi connectivity index (χ2v) is 5.92. The molecule has 0 spiro atoms. The molecule has 0 saturated heterocycles. The molecule has 0 aliphatic rings. The van der Waals surface area contributed by atoms with Crippen LogP contribution in [0.1, 0.15) is 33.2 Å². The molecule has 1 amide bonds. The van der Waals surface area contributed by atoms with E-state index in [1.54, 1.807) is 24.3 Å². The van der Waals surface area contributed by atoms with Gasteiger partial charge in [0.2, 0.25) is 5.95 Å². The number of nitrogens with one attached hydrogen (secondary N) is 2. The van der Waals surface area contributed by atoms with E-state index in [1.165, 1.54) is 19.5 Å². The van der Waals surface area contributed by atoms with Crippen LogP contribution in [0.15, 0.2) is 60.9 Å². The molecule has 1 heterocycles. The van der Waals surface area contributed by atoms with Gasteiger partial charge in [-0.2, -0.15) is 0 Å². The van der Waals surface area contributed by atoms with Gasteiger partial charge in [0.1, 0.15) is 0 Å². The Labute approximate surface area is 162 Å². The molecule has 1 aromatic heterocycles. The van der Waals surface area contributed by atoms with E-state index in [0.717, 1.165) is 17.7 Å². The van der Waals surface area contributed by atoms with Crippen LogP contribution in [0.4, 0.5) is 17.3 Å². The van der Waals surface area contributed by atoms with Crippen molar-refractivity contribution in [1.29, 1.82) is 0 Å². The number of aromatic nitrogens is 2. The summed E-state index contributed by atoms with van der Waals surface area (Å²) in [5.74, 6) is -0.488. The lowest BCUT2D eigenvalue weighted by Crippen LogP contribution is -2.14. The van der Waals surface area contributed by atoms with Crippen LogP contribution < -0.4 is 10.6 Å². The van der Waals surface area contributed by atoms with E-state index in [-0.39, 0.29) is 11.9 Å². The minimum atomic E-state index is -0.464. The van der Waals surface area contributed by atoms with E-state index in [9.17, 15) is 9.59 Å². The molecule has 0 unspecified atom stereocenters. The highest BCUT2D eigenvalue weighted by Crippen LogP contribution is 2.20. The maximum Gasteiger partial charge on any atom is 0.339 e. The molecule has 7 heteroatoms. The van der Waals surface area contributed by atoms with Crippen molar-refractivity contribution >= 4 is 29.2 Å². The number of carbonyl (C=O) groups is 2. The first-order valence-corrected chi connectivity index (χ1v) is 8.78. The number of anilines is 3. The van der Waals surface area contributed by atoms with Crippen LogP contribution in [0, 0.1) is 0 Å². The summed E-state index contributed by atoms with van der Waals surface area (Å²) in [4.78, 5) is 32.6. The van der Waals surface area contributed by atoms with Gasteiger partial charge in [-0.25, -0.2) is 14.8 Å². The average Bonchev–Trinajstić information content (AvgIpc) is 2.74. The third-order valence-electron chi connectivity index (χ3n) is 4.14. The van der Waals surface area contributed by atoms with Gasteiger partial charge in [0, 0.05) is 18.1 Å². The molecule has 2 aromatic carbocycles. The van der Waals surface area contributed by atoms with Crippen molar-refractivity contribution in [2.24, 2.45) is 0 Å². The number of ether oxygens (including phenoxy) is 1. The zero-order valence-electron chi connectivity index (χ0n) is 15.6. The lowest BCUT2D eigenvalue weighted by molar-refractivity contribution is 0.0601. The molecule has 0 aliphatic carbocycles. The number of para-hydroxylation sites is 2. The van der Waals surface area contributed by atoms with Gasteiger partial charge in [-0.1, -0.05) is 37.3 Å². The first-order chi connectivity index (χ1) is 13.6. The monoisotopic (exact) mass is 376 g/mol. The minimum Gasteiger partial charge on any atom is -0.465 e. The summed E-state index contributed by atoms with van der Waals surface area (Å²) in [7, 11) is 1.32. The zero-order chi connectivity index (χ0) is 19.9. The minimum absolute atomic E-state index is 0.266. The van der Waals surface area contributed by atoms with Gasteiger partial charge < -0.3 is 15.4 Å². The van der Waals surface area contributed by atoms with E-state index in [2.05, 4.69) is 20.6 Å². The molecule has 2 N–H and O–H groups in total. The Morgan fingerprint density at radius 1 is 0.964 bits per heavy atom. The van der Waals surface area contributed by atoms with Gasteiger partial charge in [0.25, 0.3) is 5.91 Å². The summed E-state index contributed by atoms with van der Waals surface area (Å²) in [6.45, 7) is 2.03. The topological polar surface area (TPSA) is 93.2 Å². The molecular formula is C21H20N4O3. The zero-order valence-corrected chi connectivity index (χ0v) is 15.6. The number of esters is 1. The van der Waals surface area contributed by atoms with Crippen LogP contribution >= 0.6 is 0 Å². The highest BCUT2D eigenvalue weighted by molar-refractivity contribution is 6.04. The molecule has 0 aliphatic heterocycles. The highest BCUT2D eigenvalue weighted by Gasteiger charge is 2.13. The molecule has 3 aromatic rings. The summed E-state index contributed by atoms with van der Waals surface area (Å²) in [5, 5.41) is 5.85.